The molecule has 0 spiro atoms. The third kappa shape index (κ3) is 3.47. The minimum absolute atomic E-state index is 0.372. The summed E-state index contributed by atoms with van der Waals surface area (Å²) in [7, 11) is 0. The number of aromatic nitrogens is 1. The number of hydrazine groups is 2. The Balaban J connectivity index is 1.65. The zero-order valence-corrected chi connectivity index (χ0v) is 12.6. The summed E-state index contributed by atoms with van der Waals surface area (Å²) in [4.78, 5) is 28.2. The highest BCUT2D eigenvalue weighted by molar-refractivity contribution is 5.97. The zero-order valence-electron chi connectivity index (χ0n) is 12.6. The van der Waals surface area contributed by atoms with Gasteiger partial charge in [-0.1, -0.05) is 24.3 Å². The summed E-state index contributed by atoms with van der Waals surface area (Å²) in [6.45, 7) is 0. The van der Waals surface area contributed by atoms with Crippen LogP contribution in [0.25, 0.3) is 10.9 Å². The summed E-state index contributed by atoms with van der Waals surface area (Å²) in [5.41, 5.74) is 4.03. The van der Waals surface area contributed by atoms with Gasteiger partial charge in [-0.3, -0.25) is 9.78 Å². The lowest BCUT2D eigenvalue weighted by molar-refractivity contribution is 0.0688. The van der Waals surface area contributed by atoms with Crippen LogP contribution in [0.15, 0.2) is 66.9 Å². The molecule has 24 heavy (non-hydrogen) atoms. The number of hydrogen-bond acceptors (Lipinski definition) is 4. The Morgan fingerprint density at radius 3 is 2.58 bits per heavy atom. The third-order valence-corrected chi connectivity index (χ3v) is 3.32. The van der Waals surface area contributed by atoms with Crippen LogP contribution in [0.5, 0.6) is 0 Å². The first-order valence-electron chi connectivity index (χ1n) is 7.20. The molecule has 3 amide bonds. The lowest BCUT2D eigenvalue weighted by Crippen LogP contribution is -2.52. The smallest absolute Gasteiger partial charge is 0.307 e. The molecule has 1 heterocycles. The van der Waals surface area contributed by atoms with Crippen molar-refractivity contribution in [2.45, 2.75) is 0 Å². The van der Waals surface area contributed by atoms with Gasteiger partial charge in [0.25, 0.3) is 5.91 Å². The van der Waals surface area contributed by atoms with E-state index in [0.29, 0.717) is 16.4 Å². The van der Waals surface area contributed by atoms with E-state index in [2.05, 4.69) is 15.7 Å². The molecule has 0 aliphatic heterocycles. The van der Waals surface area contributed by atoms with Crippen molar-refractivity contribution in [1.29, 1.82) is 0 Å². The van der Waals surface area contributed by atoms with Crippen molar-refractivity contribution in [3.05, 3.63) is 72.4 Å². The fourth-order valence-corrected chi connectivity index (χ4v) is 2.19. The van der Waals surface area contributed by atoms with Crippen molar-refractivity contribution in [3.63, 3.8) is 0 Å². The van der Waals surface area contributed by atoms with Gasteiger partial charge in [-0.15, -0.1) is 0 Å². The topological polar surface area (TPSA) is 100 Å². The summed E-state index contributed by atoms with van der Waals surface area (Å²) >= 11 is 0. The lowest BCUT2D eigenvalue weighted by Gasteiger charge is -2.18. The fraction of sp³-hybridized carbons (Fsp3) is 0. The van der Waals surface area contributed by atoms with E-state index in [1.807, 2.05) is 12.1 Å². The Kier molecular flexibility index (Phi) is 4.35. The first-order valence-corrected chi connectivity index (χ1v) is 7.20. The van der Waals surface area contributed by atoms with E-state index in [1.165, 1.54) is 0 Å². The second-order valence-electron chi connectivity index (χ2n) is 5.02. The SMILES string of the molecule is NN(NC(=O)Nc1ccc2ncccc2c1)C(=O)c1ccccc1. The number of pyridine rings is 1. The number of carbonyl (C=O) groups excluding carboxylic acids is 2. The van der Waals surface area contributed by atoms with Gasteiger partial charge >= 0.3 is 6.03 Å². The van der Waals surface area contributed by atoms with Crippen LogP contribution >= 0.6 is 0 Å². The number of rotatable bonds is 2. The lowest BCUT2D eigenvalue weighted by atomic mass is 10.2. The summed E-state index contributed by atoms with van der Waals surface area (Å²) in [5.74, 6) is 5.08. The summed E-state index contributed by atoms with van der Waals surface area (Å²) < 4.78 is 0. The first-order chi connectivity index (χ1) is 11.6. The number of fused-ring (bicyclic) bond motifs is 1. The van der Waals surface area contributed by atoms with E-state index in [-0.39, 0.29) is 0 Å². The number of urea groups is 1. The van der Waals surface area contributed by atoms with Gasteiger partial charge in [0.2, 0.25) is 0 Å². The molecule has 2 aromatic carbocycles. The Labute approximate surface area is 138 Å². The molecule has 0 saturated heterocycles. The minimum atomic E-state index is -0.620. The van der Waals surface area contributed by atoms with Crippen molar-refractivity contribution in [2.24, 2.45) is 5.84 Å². The quantitative estimate of drug-likeness (QED) is 0.383. The minimum Gasteiger partial charge on any atom is -0.307 e. The van der Waals surface area contributed by atoms with Crippen LogP contribution in [-0.2, 0) is 0 Å². The summed E-state index contributed by atoms with van der Waals surface area (Å²) in [5, 5.41) is 4.15. The van der Waals surface area contributed by atoms with Crippen molar-refractivity contribution < 1.29 is 9.59 Å². The molecule has 0 aliphatic carbocycles. The Morgan fingerprint density at radius 2 is 1.79 bits per heavy atom. The number of nitrogens with one attached hydrogen (secondary N) is 2. The number of benzene rings is 2. The van der Waals surface area contributed by atoms with Gasteiger partial charge in [0, 0.05) is 22.8 Å². The van der Waals surface area contributed by atoms with Crippen LogP contribution in [0, 0.1) is 0 Å². The van der Waals surface area contributed by atoms with E-state index in [1.54, 1.807) is 54.7 Å². The van der Waals surface area contributed by atoms with E-state index >= 15 is 0 Å². The number of carbonyl (C=O) groups is 2. The highest BCUT2D eigenvalue weighted by atomic mass is 16.2. The maximum absolute atomic E-state index is 12.1. The summed E-state index contributed by atoms with van der Waals surface area (Å²) in [6, 6.07) is 16.8. The Bertz CT molecular complexity index is 882. The highest BCUT2D eigenvalue weighted by Crippen LogP contribution is 2.16. The van der Waals surface area contributed by atoms with Gasteiger partial charge < -0.3 is 5.32 Å². The standard InChI is InChI=1S/C17H15N5O2/c18-22(16(23)12-5-2-1-3-6-12)21-17(24)20-14-8-9-15-13(11-14)7-4-10-19-15/h1-11H,18H2,(H2,20,21,24). The van der Waals surface area contributed by atoms with Gasteiger partial charge in [0.15, 0.2) is 0 Å². The molecule has 0 aliphatic rings. The molecule has 7 nitrogen and oxygen atoms in total. The van der Waals surface area contributed by atoms with Gasteiger partial charge in [0.1, 0.15) is 0 Å². The van der Waals surface area contributed by atoms with Crippen LogP contribution in [0.2, 0.25) is 0 Å². The molecular formula is C17H15N5O2. The normalized spacial score (nSPS) is 10.2. The predicted molar refractivity (Wildman–Crippen MR) is 90.7 cm³/mol. The highest BCUT2D eigenvalue weighted by Gasteiger charge is 2.14. The van der Waals surface area contributed by atoms with Gasteiger partial charge in [-0.2, -0.15) is 5.12 Å². The Morgan fingerprint density at radius 1 is 1.00 bits per heavy atom. The molecule has 0 fully saturated rings. The van der Waals surface area contributed by atoms with Crippen LogP contribution in [0.3, 0.4) is 0 Å². The zero-order chi connectivity index (χ0) is 16.9. The molecule has 1 aromatic heterocycles. The Hall–Kier alpha value is -3.45. The van der Waals surface area contributed by atoms with Crippen molar-refractivity contribution in [3.8, 4) is 0 Å². The van der Waals surface area contributed by atoms with E-state index in [9.17, 15) is 9.59 Å². The van der Waals surface area contributed by atoms with Crippen LogP contribution in [0.4, 0.5) is 10.5 Å². The molecule has 0 bridgehead atoms. The summed E-state index contributed by atoms with van der Waals surface area (Å²) in [6.07, 6.45) is 1.70. The van der Waals surface area contributed by atoms with Crippen molar-refractivity contribution in [1.82, 2.24) is 15.5 Å². The second-order valence-corrected chi connectivity index (χ2v) is 5.02. The molecule has 0 radical (unpaired) electrons. The monoisotopic (exact) mass is 321 g/mol. The maximum Gasteiger partial charge on any atom is 0.339 e. The molecule has 0 unspecified atom stereocenters. The third-order valence-electron chi connectivity index (χ3n) is 3.32. The van der Waals surface area contributed by atoms with E-state index < -0.39 is 11.9 Å². The molecule has 120 valence electrons. The van der Waals surface area contributed by atoms with Gasteiger partial charge in [-0.25, -0.2) is 16.1 Å². The number of nitrogens with two attached hydrogens (primary N) is 1. The van der Waals surface area contributed by atoms with E-state index in [4.69, 9.17) is 5.84 Å². The average Bonchev–Trinajstić information content (AvgIpc) is 2.61. The van der Waals surface area contributed by atoms with E-state index in [0.717, 1.165) is 10.9 Å². The van der Waals surface area contributed by atoms with Crippen LogP contribution in [0.1, 0.15) is 10.4 Å². The average molecular weight is 321 g/mol. The number of amides is 3. The molecule has 4 N–H and O–H groups in total. The molecular weight excluding hydrogens is 306 g/mol. The van der Waals surface area contributed by atoms with Crippen LogP contribution in [-0.4, -0.2) is 22.0 Å². The number of nitrogens with zero attached hydrogens (tertiary/aromatic N) is 2. The molecule has 3 rings (SSSR count). The maximum atomic E-state index is 12.1. The number of anilines is 1. The van der Waals surface area contributed by atoms with Gasteiger partial charge in [0.05, 0.1) is 5.52 Å². The molecule has 3 aromatic rings. The van der Waals surface area contributed by atoms with Gasteiger partial charge in [-0.05, 0) is 36.4 Å². The predicted octanol–water partition coefficient (Wildman–Crippen LogP) is 2.29. The number of hydrogen-bond donors (Lipinski definition) is 3. The largest absolute Gasteiger partial charge is 0.339 e. The fourth-order valence-electron chi connectivity index (χ4n) is 2.19. The molecule has 0 atom stereocenters. The molecule has 7 heteroatoms. The molecule has 0 saturated carbocycles. The van der Waals surface area contributed by atoms with Crippen molar-refractivity contribution in [2.75, 3.05) is 5.32 Å². The van der Waals surface area contributed by atoms with Crippen molar-refractivity contribution >= 4 is 28.5 Å². The second kappa shape index (κ2) is 6.76. The van der Waals surface area contributed by atoms with Crippen LogP contribution < -0.4 is 16.6 Å². The first kappa shape index (κ1) is 15.4.